The van der Waals surface area contributed by atoms with E-state index >= 15 is 0 Å². The van der Waals surface area contributed by atoms with Crippen LogP contribution in [0.1, 0.15) is 57.6 Å². The van der Waals surface area contributed by atoms with E-state index in [1.165, 1.54) is 0 Å². The molecule has 0 bridgehead atoms. The lowest BCUT2D eigenvalue weighted by Gasteiger charge is -2.29. The molecule has 1 unspecified atom stereocenters. The highest BCUT2D eigenvalue weighted by molar-refractivity contribution is 5.99. The molecule has 0 saturated heterocycles. The summed E-state index contributed by atoms with van der Waals surface area (Å²) in [6.07, 6.45) is 0. The monoisotopic (exact) mass is 469 g/mol. The molecular formula is C24H27N3O7. The number of H-pyrrole nitrogens is 1. The lowest BCUT2D eigenvalue weighted by molar-refractivity contribution is -0.139. The number of rotatable bonds is 8. The number of hydrogen-bond donors (Lipinski definition) is 3. The Bertz CT molecular complexity index is 1130. The zero-order valence-electron chi connectivity index (χ0n) is 19.4. The fourth-order valence-corrected chi connectivity index (χ4v) is 3.75. The Kier molecular flexibility index (Phi) is 7.72. The molecule has 0 radical (unpaired) electrons. The van der Waals surface area contributed by atoms with Gasteiger partial charge in [0, 0.05) is 5.69 Å². The molecule has 0 saturated carbocycles. The molecule has 0 fully saturated rings. The Labute approximate surface area is 196 Å². The molecule has 10 heteroatoms. The van der Waals surface area contributed by atoms with E-state index in [9.17, 15) is 19.2 Å². The summed E-state index contributed by atoms with van der Waals surface area (Å²) < 4.78 is 15.7. The zero-order chi connectivity index (χ0) is 24.8. The van der Waals surface area contributed by atoms with Gasteiger partial charge in [0.15, 0.2) is 0 Å². The molecule has 1 aliphatic rings. The summed E-state index contributed by atoms with van der Waals surface area (Å²) in [7, 11) is 0. The average Bonchev–Trinajstić information content (AvgIpc) is 3.11. The van der Waals surface area contributed by atoms with Gasteiger partial charge in [0.1, 0.15) is 12.3 Å². The van der Waals surface area contributed by atoms with E-state index < -0.39 is 36.6 Å². The van der Waals surface area contributed by atoms with Gasteiger partial charge in [0.05, 0.1) is 36.1 Å². The number of nitrogens with one attached hydrogen (secondary N) is 3. The van der Waals surface area contributed by atoms with Crippen molar-refractivity contribution in [3.05, 3.63) is 69.7 Å². The summed E-state index contributed by atoms with van der Waals surface area (Å²) in [5.41, 5.74) is 2.10. The second-order valence-corrected chi connectivity index (χ2v) is 7.48. The fourth-order valence-electron chi connectivity index (χ4n) is 3.75. The number of hydrogen-bond acceptors (Lipinski definition) is 7. The van der Waals surface area contributed by atoms with Crippen LogP contribution in [0.3, 0.4) is 0 Å². The number of aromatic nitrogens is 1. The maximum absolute atomic E-state index is 12.8. The Hall–Kier alpha value is -4.08. The van der Waals surface area contributed by atoms with E-state index in [1.54, 1.807) is 52.0 Å². The first-order valence-electron chi connectivity index (χ1n) is 10.8. The molecule has 1 aliphatic heterocycles. The Morgan fingerprint density at radius 1 is 0.912 bits per heavy atom. The predicted molar refractivity (Wildman–Crippen MR) is 121 cm³/mol. The quantitative estimate of drug-likeness (QED) is 0.399. The van der Waals surface area contributed by atoms with Gasteiger partial charge in [-0.3, -0.25) is 0 Å². The van der Waals surface area contributed by atoms with Crippen molar-refractivity contribution in [2.24, 2.45) is 0 Å². The van der Waals surface area contributed by atoms with E-state index in [1.807, 2.05) is 6.07 Å². The number of urea groups is 1. The summed E-state index contributed by atoms with van der Waals surface area (Å²) in [6, 6.07) is 7.57. The number of amides is 2. The molecule has 0 aliphatic carbocycles. The van der Waals surface area contributed by atoms with Gasteiger partial charge in [-0.05, 0) is 38.8 Å². The molecule has 2 amide bonds. The van der Waals surface area contributed by atoms with Crippen LogP contribution in [0.15, 0.2) is 41.6 Å². The molecule has 2 aromatic rings. The molecule has 1 aromatic carbocycles. The van der Waals surface area contributed by atoms with E-state index in [0.29, 0.717) is 16.8 Å². The van der Waals surface area contributed by atoms with Crippen LogP contribution < -0.4 is 10.6 Å². The van der Waals surface area contributed by atoms with E-state index in [2.05, 4.69) is 15.6 Å². The van der Waals surface area contributed by atoms with Gasteiger partial charge in [0.25, 0.3) is 0 Å². The van der Waals surface area contributed by atoms with Crippen molar-refractivity contribution in [3.63, 3.8) is 0 Å². The SMILES string of the molecule is CCOC(=O)C1=C(COC(=O)c2[nH]c(C)c(C(=O)OCC)c2C)NC(=O)NC1c1ccccc1. The van der Waals surface area contributed by atoms with Gasteiger partial charge in [-0.1, -0.05) is 30.3 Å². The Morgan fingerprint density at radius 3 is 2.21 bits per heavy atom. The minimum Gasteiger partial charge on any atom is -0.463 e. The first-order valence-corrected chi connectivity index (χ1v) is 10.8. The van der Waals surface area contributed by atoms with Gasteiger partial charge < -0.3 is 29.8 Å². The minimum absolute atomic E-state index is 0.0821. The molecule has 180 valence electrons. The van der Waals surface area contributed by atoms with Crippen molar-refractivity contribution in [2.45, 2.75) is 33.7 Å². The van der Waals surface area contributed by atoms with E-state index in [0.717, 1.165) is 0 Å². The Balaban J connectivity index is 1.90. The van der Waals surface area contributed by atoms with Crippen LogP contribution in [0.5, 0.6) is 0 Å². The van der Waals surface area contributed by atoms with Crippen molar-refractivity contribution >= 4 is 23.9 Å². The van der Waals surface area contributed by atoms with Crippen LogP contribution >= 0.6 is 0 Å². The number of esters is 3. The van der Waals surface area contributed by atoms with Crippen molar-refractivity contribution in [1.29, 1.82) is 0 Å². The molecule has 3 N–H and O–H groups in total. The third-order valence-electron chi connectivity index (χ3n) is 5.25. The van der Waals surface area contributed by atoms with Crippen LogP contribution in [0, 0.1) is 13.8 Å². The van der Waals surface area contributed by atoms with Gasteiger partial charge in [-0.25, -0.2) is 19.2 Å². The van der Waals surface area contributed by atoms with Crippen LogP contribution in [0.25, 0.3) is 0 Å². The number of benzene rings is 1. The molecule has 34 heavy (non-hydrogen) atoms. The highest BCUT2D eigenvalue weighted by Gasteiger charge is 2.34. The van der Waals surface area contributed by atoms with Crippen molar-refractivity contribution in [1.82, 2.24) is 15.6 Å². The van der Waals surface area contributed by atoms with Crippen LogP contribution in [-0.4, -0.2) is 48.7 Å². The first-order chi connectivity index (χ1) is 16.3. The molecule has 1 aromatic heterocycles. The van der Waals surface area contributed by atoms with Gasteiger partial charge >= 0.3 is 23.9 Å². The van der Waals surface area contributed by atoms with Crippen molar-refractivity contribution < 1.29 is 33.4 Å². The third-order valence-corrected chi connectivity index (χ3v) is 5.25. The smallest absolute Gasteiger partial charge is 0.355 e. The molecular weight excluding hydrogens is 442 g/mol. The lowest BCUT2D eigenvalue weighted by Crippen LogP contribution is -2.47. The highest BCUT2D eigenvalue weighted by Crippen LogP contribution is 2.28. The topological polar surface area (TPSA) is 136 Å². The fraction of sp³-hybridized carbons (Fsp3) is 0.333. The Morgan fingerprint density at radius 2 is 1.56 bits per heavy atom. The number of ether oxygens (including phenoxy) is 3. The number of carbonyl (C=O) groups excluding carboxylic acids is 4. The third kappa shape index (κ3) is 5.11. The molecule has 0 spiro atoms. The van der Waals surface area contributed by atoms with Gasteiger partial charge in [-0.2, -0.15) is 0 Å². The maximum atomic E-state index is 12.8. The second-order valence-electron chi connectivity index (χ2n) is 7.48. The average molecular weight is 469 g/mol. The standard InChI is InChI=1S/C24H27N3O7/c1-5-32-21(28)17-13(3)19(25-14(17)4)23(30)34-12-16-18(22(29)33-6-2)20(27-24(31)26-16)15-10-8-7-9-11-15/h7-11,20,25H,5-6,12H2,1-4H3,(H2,26,27,31). The van der Waals surface area contributed by atoms with Crippen LogP contribution in [-0.2, 0) is 19.0 Å². The molecule has 1 atom stereocenters. The highest BCUT2D eigenvalue weighted by atomic mass is 16.5. The second kappa shape index (κ2) is 10.7. The summed E-state index contributed by atoms with van der Waals surface area (Å²) >= 11 is 0. The van der Waals surface area contributed by atoms with Crippen LogP contribution in [0.4, 0.5) is 4.79 Å². The van der Waals surface area contributed by atoms with E-state index in [4.69, 9.17) is 14.2 Å². The maximum Gasteiger partial charge on any atom is 0.355 e. The van der Waals surface area contributed by atoms with Crippen molar-refractivity contribution in [3.8, 4) is 0 Å². The predicted octanol–water partition coefficient (Wildman–Crippen LogP) is 2.84. The minimum atomic E-state index is -0.785. The number of aryl methyl sites for hydroxylation is 1. The zero-order valence-corrected chi connectivity index (χ0v) is 19.4. The summed E-state index contributed by atoms with van der Waals surface area (Å²) in [5.74, 6) is -1.95. The van der Waals surface area contributed by atoms with Gasteiger partial charge in [-0.15, -0.1) is 0 Å². The summed E-state index contributed by atoms with van der Waals surface area (Å²) in [4.78, 5) is 53.0. The van der Waals surface area contributed by atoms with Gasteiger partial charge in [0.2, 0.25) is 0 Å². The lowest BCUT2D eigenvalue weighted by atomic mass is 9.95. The normalized spacial score (nSPS) is 15.3. The van der Waals surface area contributed by atoms with Crippen molar-refractivity contribution in [2.75, 3.05) is 19.8 Å². The molecule has 10 nitrogen and oxygen atoms in total. The molecule has 2 heterocycles. The van der Waals surface area contributed by atoms with Crippen LogP contribution in [0.2, 0.25) is 0 Å². The van der Waals surface area contributed by atoms with E-state index in [-0.39, 0.29) is 35.7 Å². The largest absolute Gasteiger partial charge is 0.463 e. The molecule has 3 rings (SSSR count). The number of carbonyl (C=O) groups is 4. The first kappa shape index (κ1) is 24.6. The summed E-state index contributed by atoms with van der Waals surface area (Å²) in [5, 5.41) is 5.25. The number of aromatic amines is 1. The summed E-state index contributed by atoms with van der Waals surface area (Å²) in [6.45, 7) is 6.54.